The monoisotopic (exact) mass is 754 g/mol. The molecule has 8 aromatic carbocycles. The molecule has 0 aromatic heterocycles. The lowest BCUT2D eigenvalue weighted by Crippen LogP contribution is -2.30. The van der Waals surface area contributed by atoms with E-state index >= 15 is 0 Å². The zero-order chi connectivity index (χ0) is 40.3. The van der Waals surface area contributed by atoms with Crippen molar-refractivity contribution in [3.8, 4) is 45.5 Å². The molecule has 278 valence electrons. The van der Waals surface area contributed by atoms with Crippen LogP contribution in [0.3, 0.4) is 0 Å². The fourth-order valence-corrected chi connectivity index (χ4v) is 9.03. The number of fused-ring (bicyclic) bond motifs is 4. The van der Waals surface area contributed by atoms with Crippen molar-refractivity contribution in [2.75, 3.05) is 9.80 Å². The third kappa shape index (κ3) is 5.90. The maximum Gasteiger partial charge on any atom is 0.0991 e. The number of hydrogen-bond donors (Lipinski definition) is 0. The minimum Gasteiger partial charge on any atom is -0.310 e. The minimum atomic E-state index is -0.214. The van der Waals surface area contributed by atoms with Gasteiger partial charge in [0.25, 0.3) is 0 Å². The molecule has 0 bridgehead atoms. The van der Waals surface area contributed by atoms with Crippen molar-refractivity contribution in [3.05, 3.63) is 222 Å². The van der Waals surface area contributed by atoms with E-state index in [1.165, 1.54) is 11.1 Å². The zero-order valence-electron chi connectivity index (χ0n) is 32.8. The molecule has 59 heavy (non-hydrogen) atoms. The van der Waals surface area contributed by atoms with E-state index in [1.54, 1.807) is 0 Å². The summed E-state index contributed by atoms with van der Waals surface area (Å²) in [5, 5.41) is 19.7. The van der Waals surface area contributed by atoms with E-state index in [0.29, 0.717) is 11.1 Å². The third-order valence-corrected chi connectivity index (χ3v) is 11.9. The van der Waals surface area contributed by atoms with Gasteiger partial charge in [0.15, 0.2) is 0 Å². The molecule has 4 nitrogen and oxygen atoms in total. The molecule has 0 spiro atoms. The van der Waals surface area contributed by atoms with Gasteiger partial charge in [0.1, 0.15) is 0 Å². The van der Waals surface area contributed by atoms with Crippen molar-refractivity contribution < 1.29 is 0 Å². The first-order chi connectivity index (χ1) is 28.8. The van der Waals surface area contributed by atoms with Gasteiger partial charge in [-0.25, -0.2) is 0 Å². The van der Waals surface area contributed by atoms with Crippen LogP contribution in [0.1, 0.15) is 47.2 Å². The summed E-state index contributed by atoms with van der Waals surface area (Å²) in [5.41, 5.74) is 19.0. The fourth-order valence-electron chi connectivity index (χ4n) is 9.03. The quantitative estimate of drug-likeness (QED) is 0.176. The first kappa shape index (κ1) is 35.5. The summed E-state index contributed by atoms with van der Waals surface area (Å²) in [6.07, 6.45) is 0. The van der Waals surface area contributed by atoms with E-state index < -0.39 is 0 Å². The van der Waals surface area contributed by atoms with E-state index in [4.69, 9.17) is 0 Å². The maximum absolute atomic E-state index is 9.87. The summed E-state index contributed by atoms with van der Waals surface area (Å²) in [6.45, 7) is 9.20. The second kappa shape index (κ2) is 13.9. The molecule has 0 amide bonds. The minimum absolute atomic E-state index is 0.214. The van der Waals surface area contributed by atoms with E-state index in [2.05, 4.69) is 188 Å². The van der Waals surface area contributed by atoms with Crippen molar-refractivity contribution in [1.82, 2.24) is 0 Å². The zero-order valence-corrected chi connectivity index (χ0v) is 32.8. The van der Waals surface area contributed by atoms with Gasteiger partial charge in [-0.2, -0.15) is 10.5 Å². The van der Waals surface area contributed by atoms with Crippen LogP contribution in [0.25, 0.3) is 39.0 Å². The van der Waals surface area contributed by atoms with Crippen molar-refractivity contribution >= 4 is 39.7 Å². The fraction of sp³-hybridized carbons (Fsp3) is 0.0545. The highest BCUT2D eigenvalue weighted by molar-refractivity contribution is 6.02. The summed E-state index contributed by atoms with van der Waals surface area (Å²) in [4.78, 5) is 4.79. The summed E-state index contributed by atoms with van der Waals surface area (Å²) in [7, 11) is 0. The molecule has 0 saturated heterocycles. The second-order valence-electron chi connectivity index (χ2n) is 15.8. The lowest BCUT2D eigenvalue weighted by molar-refractivity contribution is 0.632. The predicted octanol–water partition coefficient (Wildman–Crippen LogP) is 14.4. The topological polar surface area (TPSA) is 54.1 Å². The predicted molar refractivity (Wildman–Crippen MR) is 242 cm³/mol. The Morgan fingerprint density at radius 1 is 0.407 bits per heavy atom. The Labute approximate surface area is 345 Å². The Kier molecular flexibility index (Phi) is 8.38. The average molecular weight is 755 g/mol. The van der Waals surface area contributed by atoms with Gasteiger partial charge in [-0.05, 0) is 135 Å². The summed E-state index contributed by atoms with van der Waals surface area (Å²) in [5.74, 6) is 0. The van der Waals surface area contributed by atoms with Gasteiger partial charge in [-0.1, -0.05) is 117 Å². The molecule has 4 heteroatoms. The molecule has 0 fully saturated rings. The van der Waals surface area contributed by atoms with Gasteiger partial charge < -0.3 is 9.80 Å². The van der Waals surface area contributed by atoms with Gasteiger partial charge in [-0.3, -0.25) is 0 Å². The number of nitriles is 2. The molecule has 8 aromatic rings. The molecular weight excluding hydrogens is 717 g/mol. The highest BCUT2D eigenvalue weighted by Gasteiger charge is 2.37. The van der Waals surface area contributed by atoms with Crippen LogP contribution < -0.4 is 9.80 Å². The van der Waals surface area contributed by atoms with Gasteiger partial charge >= 0.3 is 0 Å². The summed E-state index contributed by atoms with van der Waals surface area (Å²) >= 11 is 0. The van der Waals surface area contributed by atoms with E-state index in [-0.39, 0.29) is 5.41 Å². The smallest absolute Gasteiger partial charge is 0.0991 e. The summed E-state index contributed by atoms with van der Waals surface area (Å²) in [6, 6.07) is 68.2. The second-order valence-corrected chi connectivity index (χ2v) is 15.8. The molecule has 0 atom stereocenters. The maximum atomic E-state index is 9.87. The Bertz CT molecular complexity index is 2930. The van der Waals surface area contributed by atoms with Crippen LogP contribution in [0.4, 0.5) is 34.1 Å². The molecule has 0 unspecified atom stereocenters. The SMILES string of the molecule is C=C1c2ccccc2N(c2cc(-c3cc(-c4cccc(C#N)c4)cc(-c4cccc(C#N)c4)c3)cc(N3c4ccccc4C(C)(C)c4ccccc43)c2)c2ccccc21. The van der Waals surface area contributed by atoms with Crippen LogP contribution in [0.5, 0.6) is 0 Å². The number of rotatable bonds is 5. The van der Waals surface area contributed by atoms with Crippen LogP contribution in [0, 0.1) is 22.7 Å². The molecule has 0 N–H and O–H groups in total. The van der Waals surface area contributed by atoms with Gasteiger partial charge in [-0.15, -0.1) is 0 Å². The first-order valence-electron chi connectivity index (χ1n) is 19.8. The summed E-state index contributed by atoms with van der Waals surface area (Å²) < 4.78 is 0. The molecule has 0 aliphatic carbocycles. The Hall–Kier alpha value is -7.92. The van der Waals surface area contributed by atoms with Gasteiger partial charge in [0.2, 0.25) is 0 Å². The normalized spacial score (nSPS) is 13.3. The lowest BCUT2D eigenvalue weighted by atomic mass is 9.73. The largest absolute Gasteiger partial charge is 0.310 e. The molecule has 0 saturated carbocycles. The number of hydrogen-bond acceptors (Lipinski definition) is 4. The van der Waals surface area contributed by atoms with Crippen molar-refractivity contribution in [2.45, 2.75) is 19.3 Å². The highest BCUT2D eigenvalue weighted by Crippen LogP contribution is 2.54. The number of anilines is 6. The standard InChI is InChI=1S/C55H38N4/c1-36-47-18-4-8-22-51(47)58(52-23-9-5-19-48(36)52)45-31-44(32-46(33-45)59-53-24-10-6-20-49(53)55(2,3)50-21-7-11-25-54(50)59)43-29-41(39-16-12-14-37(26-39)34-56)28-42(30-43)40-17-13-15-38(27-40)35-57/h4-33H,1H2,2-3H3. The van der Waals surface area contributed by atoms with Crippen molar-refractivity contribution in [3.63, 3.8) is 0 Å². The van der Waals surface area contributed by atoms with Crippen LogP contribution in [-0.2, 0) is 5.41 Å². The van der Waals surface area contributed by atoms with Gasteiger partial charge in [0, 0.05) is 27.9 Å². The first-order valence-corrected chi connectivity index (χ1v) is 19.8. The van der Waals surface area contributed by atoms with Crippen LogP contribution in [0.2, 0.25) is 0 Å². The van der Waals surface area contributed by atoms with Crippen LogP contribution in [-0.4, -0.2) is 0 Å². The molecule has 10 rings (SSSR count). The van der Waals surface area contributed by atoms with E-state index in [9.17, 15) is 10.5 Å². The highest BCUT2D eigenvalue weighted by atomic mass is 15.2. The van der Waals surface area contributed by atoms with Crippen molar-refractivity contribution in [1.29, 1.82) is 10.5 Å². The lowest BCUT2D eigenvalue weighted by Gasteiger charge is -2.42. The molecule has 2 aliphatic rings. The third-order valence-electron chi connectivity index (χ3n) is 11.9. The Morgan fingerprint density at radius 3 is 1.27 bits per heavy atom. The number of benzene rings is 8. The number of nitrogens with zero attached hydrogens (tertiary/aromatic N) is 4. The molecule has 0 radical (unpaired) electrons. The molecule has 2 heterocycles. The van der Waals surface area contributed by atoms with E-state index in [1.807, 2.05) is 36.4 Å². The van der Waals surface area contributed by atoms with Crippen LogP contribution >= 0.6 is 0 Å². The average Bonchev–Trinajstić information content (AvgIpc) is 3.29. The van der Waals surface area contributed by atoms with Crippen LogP contribution in [0.15, 0.2) is 189 Å². The molecule has 2 aliphatic heterocycles. The van der Waals surface area contributed by atoms with Gasteiger partial charge in [0.05, 0.1) is 46.0 Å². The number of para-hydroxylation sites is 4. The Balaban J connectivity index is 1.28. The molecular formula is C55H38N4. The van der Waals surface area contributed by atoms with Crippen molar-refractivity contribution in [2.24, 2.45) is 0 Å². The van der Waals surface area contributed by atoms with E-state index in [0.717, 1.165) is 84.2 Å². The Morgan fingerprint density at radius 2 is 0.797 bits per heavy atom.